The quantitative estimate of drug-likeness (QED) is 0.295. The summed E-state index contributed by atoms with van der Waals surface area (Å²) in [6, 6.07) is 18.8. The van der Waals surface area contributed by atoms with Crippen LogP contribution in [0.3, 0.4) is 0 Å². The van der Waals surface area contributed by atoms with E-state index in [-0.39, 0.29) is 29.4 Å². The summed E-state index contributed by atoms with van der Waals surface area (Å²) in [5.41, 5.74) is 7.75. The summed E-state index contributed by atoms with van der Waals surface area (Å²) in [5.74, 6) is 1.65. The number of para-hydroxylation sites is 1. The van der Waals surface area contributed by atoms with Crippen LogP contribution in [-0.2, 0) is 5.41 Å². The second kappa shape index (κ2) is 8.74. The van der Waals surface area contributed by atoms with Gasteiger partial charge in [-0.25, -0.2) is 0 Å². The van der Waals surface area contributed by atoms with Crippen molar-refractivity contribution >= 4 is 28.4 Å². The van der Waals surface area contributed by atoms with Gasteiger partial charge in [0.2, 0.25) is 5.69 Å². The molecule has 1 aliphatic heterocycles. The number of methoxy groups -OCH3 is 2. The van der Waals surface area contributed by atoms with Gasteiger partial charge >= 0.3 is 0 Å². The molecule has 0 saturated heterocycles. The van der Waals surface area contributed by atoms with Crippen LogP contribution in [0.4, 0.5) is 5.69 Å². The number of hydrogen-bond donors (Lipinski definition) is 2. The molecule has 0 aliphatic carbocycles. The van der Waals surface area contributed by atoms with Crippen molar-refractivity contribution in [2.75, 3.05) is 21.3 Å². The number of H-pyrrole nitrogens is 2. The lowest BCUT2D eigenvalue weighted by molar-refractivity contribution is -0.401. The topological polar surface area (TPSA) is 53.0 Å². The van der Waals surface area contributed by atoms with E-state index in [1.165, 1.54) is 17.0 Å². The van der Waals surface area contributed by atoms with Gasteiger partial charge in [-0.05, 0) is 44.2 Å². The van der Waals surface area contributed by atoms with Crippen LogP contribution < -0.4 is 33.5 Å². The Hall–Kier alpha value is -3.00. The number of rotatable bonds is 5. The molecule has 3 heterocycles. The van der Waals surface area contributed by atoms with E-state index in [0.29, 0.717) is 0 Å². The lowest BCUT2D eigenvalue weighted by Gasteiger charge is -2.15. The third kappa shape index (κ3) is 3.86. The first-order valence-electron chi connectivity index (χ1n) is 10.7. The average Bonchev–Trinajstić information content (AvgIpc) is 3.46. The molecule has 0 radical (unpaired) electrons. The van der Waals surface area contributed by atoms with Crippen LogP contribution in [0.5, 0.6) is 11.5 Å². The van der Waals surface area contributed by atoms with Crippen LogP contribution in [0.25, 0.3) is 28.4 Å². The largest absolute Gasteiger partial charge is 1.00 e. The van der Waals surface area contributed by atoms with Crippen molar-refractivity contribution in [3.8, 4) is 22.9 Å². The van der Waals surface area contributed by atoms with Gasteiger partial charge in [-0.3, -0.25) is 0 Å². The molecular weight excluding hydrogens is 525 g/mol. The first-order valence-corrected chi connectivity index (χ1v) is 10.7. The van der Waals surface area contributed by atoms with E-state index in [4.69, 9.17) is 9.47 Å². The Labute approximate surface area is 211 Å². The predicted molar refractivity (Wildman–Crippen MR) is 131 cm³/mol. The molecule has 2 aromatic heterocycles. The van der Waals surface area contributed by atoms with E-state index < -0.39 is 0 Å². The highest BCUT2D eigenvalue weighted by atomic mass is 127. The summed E-state index contributed by atoms with van der Waals surface area (Å²) in [4.78, 5) is 7.00. The monoisotopic (exact) mass is 553 g/mol. The van der Waals surface area contributed by atoms with Gasteiger partial charge in [0.05, 0.1) is 36.7 Å². The number of nitrogens with one attached hydrogen (secondary N) is 2. The molecule has 0 atom stereocenters. The van der Waals surface area contributed by atoms with E-state index in [0.717, 1.165) is 39.5 Å². The van der Waals surface area contributed by atoms with Gasteiger partial charge in [0.1, 0.15) is 18.5 Å². The fourth-order valence-corrected chi connectivity index (χ4v) is 4.74. The lowest BCUT2D eigenvalue weighted by Crippen LogP contribution is -3.00. The zero-order valence-corrected chi connectivity index (χ0v) is 21.7. The number of ether oxygens (including phenoxy) is 2. The average molecular weight is 553 g/mol. The lowest BCUT2D eigenvalue weighted by atomic mass is 9.81. The van der Waals surface area contributed by atoms with E-state index in [9.17, 15) is 0 Å². The number of aromatic nitrogens is 2. The molecule has 0 unspecified atom stereocenters. The molecule has 0 amide bonds. The summed E-state index contributed by atoms with van der Waals surface area (Å²) >= 11 is 0. The normalized spacial score (nSPS) is 14.6. The van der Waals surface area contributed by atoms with Crippen LogP contribution >= 0.6 is 0 Å². The zero-order valence-electron chi connectivity index (χ0n) is 19.5. The standard InChI is InChI=1S/C27H27N3O2.HI/c1-27(2)19-8-6-7-9-24(19)30(3)26(27)13-12-21-25(32-5)16-23(29-21)22-15-17-14-18(31-4)10-11-20(17)28-22;/h6-16H,1-5H3,(H,28,29);1H. The maximum Gasteiger partial charge on any atom is 0.209 e. The van der Waals surface area contributed by atoms with Crippen LogP contribution in [0.15, 0.2) is 60.7 Å². The highest BCUT2D eigenvalue weighted by Gasteiger charge is 2.42. The van der Waals surface area contributed by atoms with Gasteiger partial charge in [-0.1, -0.05) is 18.2 Å². The number of benzene rings is 2. The molecule has 0 spiro atoms. The molecule has 0 saturated carbocycles. The smallest absolute Gasteiger partial charge is 0.209 e. The number of halogens is 1. The Kier molecular flexibility index (Phi) is 6.14. The molecule has 0 fully saturated rings. The van der Waals surface area contributed by atoms with Crippen molar-refractivity contribution in [2.45, 2.75) is 19.3 Å². The van der Waals surface area contributed by atoms with Crippen LogP contribution in [0.2, 0.25) is 0 Å². The van der Waals surface area contributed by atoms with Crippen molar-refractivity contribution in [2.24, 2.45) is 0 Å². The highest BCUT2D eigenvalue weighted by molar-refractivity contribution is 6.05. The van der Waals surface area contributed by atoms with Crippen molar-refractivity contribution in [3.63, 3.8) is 0 Å². The summed E-state index contributed by atoms with van der Waals surface area (Å²) in [6.07, 6.45) is 4.29. The van der Waals surface area contributed by atoms with Crippen LogP contribution in [0, 0.1) is 0 Å². The summed E-state index contributed by atoms with van der Waals surface area (Å²) in [6.45, 7) is 4.54. The molecule has 33 heavy (non-hydrogen) atoms. The minimum atomic E-state index is -0.0687. The fraction of sp³-hybridized carbons (Fsp3) is 0.222. The second-order valence-electron chi connectivity index (χ2n) is 8.72. The van der Waals surface area contributed by atoms with E-state index in [1.54, 1.807) is 14.2 Å². The SMILES string of the molecule is COc1ccc2[nH]c(-c3cc(OC)c(/C=C/C4=[N+](C)c5ccccc5C4(C)C)[nH]3)cc2c1.[I-]. The molecule has 5 nitrogen and oxygen atoms in total. The Morgan fingerprint density at radius 2 is 1.64 bits per heavy atom. The summed E-state index contributed by atoms with van der Waals surface area (Å²) in [5, 5.41) is 1.10. The van der Waals surface area contributed by atoms with Crippen LogP contribution in [-0.4, -0.2) is 41.5 Å². The Morgan fingerprint density at radius 1 is 0.879 bits per heavy atom. The van der Waals surface area contributed by atoms with Gasteiger partial charge in [-0.15, -0.1) is 0 Å². The van der Waals surface area contributed by atoms with Crippen molar-refractivity contribution in [1.29, 1.82) is 0 Å². The molecule has 1 aliphatic rings. The minimum absolute atomic E-state index is 0. The molecule has 4 aromatic rings. The summed E-state index contributed by atoms with van der Waals surface area (Å²) < 4.78 is 13.3. The number of aromatic amines is 2. The third-order valence-electron chi connectivity index (χ3n) is 6.50. The maximum atomic E-state index is 5.67. The highest BCUT2D eigenvalue weighted by Crippen LogP contribution is 2.39. The molecule has 2 aromatic carbocycles. The number of allylic oxidation sites excluding steroid dienone is 1. The first kappa shape index (κ1) is 23.2. The number of fused-ring (bicyclic) bond motifs is 2. The van der Waals surface area contributed by atoms with E-state index in [1.807, 2.05) is 24.3 Å². The molecule has 0 bridgehead atoms. The molecular formula is C27H28IN3O2. The molecule has 2 N–H and O–H groups in total. The Bertz CT molecular complexity index is 1390. The first-order chi connectivity index (χ1) is 15.4. The molecule has 6 heteroatoms. The van der Waals surface area contributed by atoms with Crippen LogP contribution in [0.1, 0.15) is 25.1 Å². The fourth-order valence-electron chi connectivity index (χ4n) is 4.74. The maximum absolute atomic E-state index is 5.67. The molecule has 5 rings (SSSR count). The van der Waals surface area contributed by atoms with E-state index in [2.05, 4.69) is 77.9 Å². The second-order valence-corrected chi connectivity index (χ2v) is 8.72. The summed E-state index contributed by atoms with van der Waals surface area (Å²) in [7, 11) is 5.52. The van der Waals surface area contributed by atoms with Gasteiger partial charge in [0, 0.05) is 34.7 Å². The van der Waals surface area contributed by atoms with Crippen molar-refractivity contribution < 1.29 is 38.0 Å². The zero-order chi connectivity index (χ0) is 22.5. The Balaban J connectivity index is 0.00000259. The number of hydrogen-bond acceptors (Lipinski definition) is 2. The van der Waals surface area contributed by atoms with Crippen molar-refractivity contribution in [3.05, 3.63) is 71.9 Å². The minimum Gasteiger partial charge on any atom is -1.00 e. The van der Waals surface area contributed by atoms with Gasteiger partial charge in [0.25, 0.3) is 0 Å². The number of nitrogens with zero attached hydrogens (tertiary/aromatic N) is 1. The Morgan fingerprint density at radius 3 is 2.36 bits per heavy atom. The van der Waals surface area contributed by atoms with E-state index >= 15 is 0 Å². The molecule has 170 valence electrons. The van der Waals surface area contributed by atoms with Gasteiger partial charge in [-0.2, -0.15) is 4.58 Å². The van der Waals surface area contributed by atoms with Crippen molar-refractivity contribution in [1.82, 2.24) is 9.97 Å². The third-order valence-corrected chi connectivity index (χ3v) is 6.50. The van der Waals surface area contributed by atoms with Gasteiger partial charge < -0.3 is 43.4 Å². The van der Waals surface area contributed by atoms with Gasteiger partial charge in [0.15, 0.2) is 5.71 Å². The predicted octanol–water partition coefficient (Wildman–Crippen LogP) is 2.90.